The largest absolute Gasteiger partial charge is 0.480 e. The lowest BCUT2D eigenvalue weighted by molar-refractivity contribution is -0.141. The number of hydrogen-bond donors (Lipinski definition) is 1. The highest BCUT2D eigenvalue weighted by Crippen LogP contribution is 2.23. The van der Waals surface area contributed by atoms with Crippen molar-refractivity contribution < 1.29 is 18.3 Å². The highest BCUT2D eigenvalue weighted by Gasteiger charge is 2.33. The van der Waals surface area contributed by atoms with E-state index in [1.54, 1.807) is 12.1 Å². The third-order valence-electron chi connectivity index (χ3n) is 4.66. The van der Waals surface area contributed by atoms with Crippen LogP contribution in [0.4, 0.5) is 0 Å². The maximum atomic E-state index is 12.9. The van der Waals surface area contributed by atoms with Gasteiger partial charge in [-0.15, -0.1) is 0 Å². The van der Waals surface area contributed by atoms with Crippen LogP contribution in [0, 0.1) is 27.7 Å². The summed E-state index contributed by atoms with van der Waals surface area (Å²) in [5.74, 6) is -1.16. The van der Waals surface area contributed by atoms with Crippen LogP contribution in [0.5, 0.6) is 0 Å². The zero-order chi connectivity index (χ0) is 19.6. The standard InChI is InChI=1S/C20H25NO4S/c1-13-6-8-17(9-7-13)26(24,25)21(5)19(20(22)23)12-18-15(3)10-14(2)11-16(18)4/h6-11,19H,12H2,1-5H3,(H,22,23). The topological polar surface area (TPSA) is 74.7 Å². The van der Waals surface area contributed by atoms with Crippen LogP contribution in [0.1, 0.15) is 27.8 Å². The van der Waals surface area contributed by atoms with E-state index in [-0.39, 0.29) is 11.3 Å². The van der Waals surface area contributed by atoms with Gasteiger partial charge < -0.3 is 5.11 Å². The lowest BCUT2D eigenvalue weighted by atomic mass is 9.94. The molecule has 1 N–H and O–H groups in total. The second kappa shape index (κ2) is 7.60. The molecule has 140 valence electrons. The third kappa shape index (κ3) is 4.14. The number of hydrogen-bond acceptors (Lipinski definition) is 3. The summed E-state index contributed by atoms with van der Waals surface area (Å²) in [4.78, 5) is 12.0. The lowest BCUT2D eigenvalue weighted by Crippen LogP contribution is -2.44. The molecule has 0 amide bonds. The van der Waals surface area contributed by atoms with Gasteiger partial charge in [0.1, 0.15) is 6.04 Å². The molecule has 6 heteroatoms. The van der Waals surface area contributed by atoms with Crippen molar-refractivity contribution in [3.63, 3.8) is 0 Å². The summed E-state index contributed by atoms with van der Waals surface area (Å²) in [5.41, 5.74) is 4.84. The number of sulfonamides is 1. The minimum Gasteiger partial charge on any atom is -0.480 e. The van der Waals surface area contributed by atoms with Crippen LogP contribution < -0.4 is 0 Å². The maximum absolute atomic E-state index is 12.9. The lowest BCUT2D eigenvalue weighted by Gasteiger charge is -2.26. The first-order valence-corrected chi connectivity index (χ1v) is 9.82. The smallest absolute Gasteiger partial charge is 0.322 e. The molecule has 0 spiro atoms. The van der Waals surface area contributed by atoms with Gasteiger partial charge in [-0.2, -0.15) is 4.31 Å². The van der Waals surface area contributed by atoms with E-state index in [0.29, 0.717) is 0 Å². The average Bonchev–Trinajstić information content (AvgIpc) is 2.53. The van der Waals surface area contributed by atoms with E-state index in [1.807, 2.05) is 39.8 Å². The summed E-state index contributed by atoms with van der Waals surface area (Å²) < 4.78 is 26.7. The van der Waals surface area contributed by atoms with E-state index in [0.717, 1.165) is 32.1 Å². The Balaban J connectivity index is 2.41. The van der Waals surface area contributed by atoms with Crippen LogP contribution in [-0.2, 0) is 21.2 Å². The Labute approximate surface area is 155 Å². The number of nitrogens with zero attached hydrogens (tertiary/aromatic N) is 1. The summed E-state index contributed by atoms with van der Waals surface area (Å²) in [6.07, 6.45) is 0.120. The fourth-order valence-corrected chi connectivity index (χ4v) is 4.45. The molecule has 0 radical (unpaired) electrons. The van der Waals surface area contributed by atoms with E-state index in [2.05, 4.69) is 0 Å². The number of likely N-dealkylation sites (N-methyl/N-ethyl adjacent to an activating group) is 1. The van der Waals surface area contributed by atoms with E-state index in [4.69, 9.17) is 0 Å². The van der Waals surface area contributed by atoms with Crippen LogP contribution >= 0.6 is 0 Å². The van der Waals surface area contributed by atoms with Gasteiger partial charge >= 0.3 is 5.97 Å². The Morgan fingerprint density at radius 2 is 1.50 bits per heavy atom. The first-order valence-electron chi connectivity index (χ1n) is 8.38. The maximum Gasteiger partial charge on any atom is 0.322 e. The molecule has 0 aliphatic carbocycles. The molecule has 0 fully saturated rings. The van der Waals surface area contributed by atoms with E-state index >= 15 is 0 Å². The van der Waals surface area contributed by atoms with E-state index in [1.165, 1.54) is 19.2 Å². The molecule has 0 bridgehead atoms. The molecule has 0 saturated carbocycles. The Hall–Kier alpha value is -2.18. The molecule has 2 aromatic carbocycles. The zero-order valence-electron chi connectivity index (χ0n) is 15.8. The number of carbonyl (C=O) groups is 1. The predicted molar refractivity (Wildman–Crippen MR) is 102 cm³/mol. The molecule has 5 nitrogen and oxygen atoms in total. The molecule has 0 aliphatic rings. The zero-order valence-corrected chi connectivity index (χ0v) is 16.6. The van der Waals surface area contributed by atoms with Gasteiger partial charge in [-0.3, -0.25) is 4.79 Å². The van der Waals surface area contributed by atoms with Crippen molar-refractivity contribution in [2.45, 2.75) is 45.1 Å². The first kappa shape index (κ1) is 20.1. The minimum atomic E-state index is -3.90. The van der Waals surface area contributed by atoms with Gasteiger partial charge in [0.05, 0.1) is 4.90 Å². The van der Waals surface area contributed by atoms with E-state index < -0.39 is 22.0 Å². The Bertz CT molecular complexity index is 894. The quantitative estimate of drug-likeness (QED) is 0.841. The number of benzene rings is 2. The van der Waals surface area contributed by atoms with Crippen molar-refractivity contribution in [2.24, 2.45) is 0 Å². The highest BCUT2D eigenvalue weighted by molar-refractivity contribution is 7.89. The fraction of sp³-hybridized carbons (Fsp3) is 0.350. The molecule has 0 aromatic heterocycles. The van der Waals surface area contributed by atoms with E-state index in [9.17, 15) is 18.3 Å². The van der Waals surface area contributed by atoms with Crippen LogP contribution in [0.15, 0.2) is 41.3 Å². The van der Waals surface area contributed by atoms with Gasteiger partial charge in [0.25, 0.3) is 0 Å². The third-order valence-corrected chi connectivity index (χ3v) is 6.54. The molecule has 2 aromatic rings. The molecule has 26 heavy (non-hydrogen) atoms. The predicted octanol–water partition coefficient (Wildman–Crippen LogP) is 3.24. The first-order chi connectivity index (χ1) is 12.0. The molecule has 2 rings (SSSR count). The second-order valence-corrected chi connectivity index (χ2v) is 8.77. The van der Waals surface area contributed by atoms with Crippen LogP contribution in [0.2, 0.25) is 0 Å². The van der Waals surface area contributed by atoms with Gasteiger partial charge in [0.2, 0.25) is 10.0 Å². The van der Waals surface area contributed by atoms with Crippen molar-refractivity contribution in [2.75, 3.05) is 7.05 Å². The number of aliphatic carboxylic acids is 1. The summed E-state index contributed by atoms with van der Waals surface area (Å²) >= 11 is 0. The normalized spacial score (nSPS) is 13.0. The molecular formula is C20H25NO4S. The van der Waals surface area contributed by atoms with Crippen molar-refractivity contribution >= 4 is 16.0 Å². The van der Waals surface area contributed by atoms with Crippen molar-refractivity contribution in [1.82, 2.24) is 4.31 Å². The molecule has 0 saturated heterocycles. The van der Waals surface area contributed by atoms with Crippen LogP contribution in [0.25, 0.3) is 0 Å². The average molecular weight is 375 g/mol. The minimum absolute atomic E-state index is 0.0919. The van der Waals surface area contributed by atoms with Gasteiger partial charge in [-0.25, -0.2) is 8.42 Å². The number of carboxylic acid groups (broad SMARTS) is 1. The summed E-state index contributed by atoms with van der Waals surface area (Å²) in [7, 11) is -2.58. The number of aryl methyl sites for hydroxylation is 4. The monoisotopic (exact) mass is 375 g/mol. The van der Waals surface area contributed by atoms with Gasteiger partial charge in [-0.1, -0.05) is 35.4 Å². The summed E-state index contributed by atoms with van der Waals surface area (Å²) in [6, 6.07) is 9.19. The van der Waals surface area contributed by atoms with Crippen LogP contribution in [0.3, 0.4) is 0 Å². The summed E-state index contributed by atoms with van der Waals surface area (Å²) in [6.45, 7) is 7.68. The Morgan fingerprint density at radius 3 is 1.96 bits per heavy atom. The molecule has 0 heterocycles. The van der Waals surface area contributed by atoms with Gasteiger partial charge in [-0.05, 0) is 56.5 Å². The Kier molecular flexibility index (Phi) is 5.88. The van der Waals surface area contributed by atoms with Gasteiger partial charge in [0.15, 0.2) is 0 Å². The van der Waals surface area contributed by atoms with Crippen molar-refractivity contribution in [3.8, 4) is 0 Å². The number of rotatable bonds is 6. The fourth-order valence-electron chi connectivity index (χ4n) is 3.14. The van der Waals surface area contributed by atoms with Crippen molar-refractivity contribution in [3.05, 3.63) is 64.2 Å². The molecule has 1 unspecified atom stereocenters. The summed E-state index contributed by atoms with van der Waals surface area (Å²) in [5, 5.41) is 9.69. The molecule has 1 atom stereocenters. The van der Waals surface area contributed by atoms with Gasteiger partial charge in [0, 0.05) is 13.5 Å². The van der Waals surface area contributed by atoms with Crippen molar-refractivity contribution in [1.29, 1.82) is 0 Å². The molecular weight excluding hydrogens is 350 g/mol. The molecule has 0 aliphatic heterocycles. The second-order valence-electron chi connectivity index (χ2n) is 6.77. The highest BCUT2D eigenvalue weighted by atomic mass is 32.2. The van der Waals surface area contributed by atoms with Crippen LogP contribution in [-0.4, -0.2) is 36.9 Å². The Morgan fingerprint density at radius 1 is 1.00 bits per heavy atom. The number of carboxylic acids is 1. The SMILES string of the molecule is Cc1ccc(S(=O)(=O)N(C)C(Cc2c(C)cc(C)cc2C)C(=O)O)cc1.